The Labute approximate surface area is 192 Å². The Bertz CT molecular complexity index is 1240. The van der Waals surface area contributed by atoms with Crippen molar-refractivity contribution >= 4 is 33.3 Å². The van der Waals surface area contributed by atoms with Crippen LogP contribution >= 0.6 is 0 Å². The van der Waals surface area contributed by atoms with Crippen LogP contribution in [-0.2, 0) is 16.6 Å². The molecule has 172 valence electrons. The summed E-state index contributed by atoms with van der Waals surface area (Å²) in [6.07, 6.45) is 0. The molecule has 0 bridgehead atoms. The van der Waals surface area contributed by atoms with Crippen LogP contribution in [0.4, 0.5) is 16.2 Å². The summed E-state index contributed by atoms with van der Waals surface area (Å²) in [5, 5.41) is 5.21. The number of nitrogens with one attached hydrogen (secondary N) is 2. The smallest absolute Gasteiger partial charge is 0.316 e. The summed E-state index contributed by atoms with van der Waals surface area (Å²) >= 11 is 0. The van der Waals surface area contributed by atoms with Gasteiger partial charge in [-0.1, -0.05) is 18.2 Å². The first-order chi connectivity index (χ1) is 15.7. The van der Waals surface area contributed by atoms with Crippen LogP contribution < -0.4 is 25.4 Å². The second-order valence-corrected chi connectivity index (χ2v) is 9.04. The number of hydrogen-bond donors (Lipinski definition) is 3. The van der Waals surface area contributed by atoms with Crippen molar-refractivity contribution in [3.8, 4) is 5.75 Å². The summed E-state index contributed by atoms with van der Waals surface area (Å²) in [5.74, 6) is 0.195. The minimum absolute atomic E-state index is 0.00431. The van der Waals surface area contributed by atoms with E-state index in [0.29, 0.717) is 17.1 Å². The van der Waals surface area contributed by atoms with E-state index in [1.54, 1.807) is 54.6 Å². The van der Waals surface area contributed by atoms with Crippen molar-refractivity contribution in [1.29, 1.82) is 0 Å². The molecule has 0 aliphatic heterocycles. The first-order valence-corrected chi connectivity index (χ1v) is 11.3. The Balaban J connectivity index is 1.71. The standard InChI is InChI=1S/C23H24N4O5S/c1-27(19-10-12-20(32-2)13-11-19)33(30,31)21-5-3-4-17(14-21)22(28)25-15-16-6-8-18(9-7-16)26-23(24)29/h3-14H,15H2,1-2H3,(H,25,28)(H3,24,26,29). The average molecular weight is 469 g/mol. The number of hydrogen-bond acceptors (Lipinski definition) is 5. The van der Waals surface area contributed by atoms with E-state index in [-0.39, 0.29) is 17.0 Å². The Morgan fingerprint density at radius 2 is 1.67 bits per heavy atom. The minimum Gasteiger partial charge on any atom is -0.497 e. The summed E-state index contributed by atoms with van der Waals surface area (Å²) in [6.45, 7) is 0.221. The zero-order chi connectivity index (χ0) is 24.0. The van der Waals surface area contributed by atoms with Gasteiger partial charge in [-0.25, -0.2) is 13.2 Å². The van der Waals surface area contributed by atoms with E-state index >= 15 is 0 Å². The molecular weight excluding hydrogens is 444 g/mol. The molecule has 10 heteroatoms. The number of anilines is 2. The molecule has 0 aliphatic carbocycles. The van der Waals surface area contributed by atoms with E-state index in [0.717, 1.165) is 9.87 Å². The number of primary amides is 1. The molecule has 0 heterocycles. The van der Waals surface area contributed by atoms with Crippen molar-refractivity contribution in [1.82, 2.24) is 5.32 Å². The summed E-state index contributed by atoms with van der Waals surface area (Å²) < 4.78 is 32.4. The van der Waals surface area contributed by atoms with Gasteiger partial charge in [0.2, 0.25) is 0 Å². The highest BCUT2D eigenvalue weighted by molar-refractivity contribution is 7.92. The van der Waals surface area contributed by atoms with Crippen molar-refractivity contribution in [3.05, 3.63) is 83.9 Å². The number of carbonyl (C=O) groups excluding carboxylic acids is 2. The zero-order valence-corrected chi connectivity index (χ0v) is 18.9. The maximum atomic E-state index is 13.1. The fourth-order valence-corrected chi connectivity index (χ4v) is 4.26. The number of rotatable bonds is 8. The molecule has 0 saturated heterocycles. The van der Waals surface area contributed by atoms with Crippen LogP contribution in [0.2, 0.25) is 0 Å². The first-order valence-electron chi connectivity index (χ1n) is 9.87. The maximum Gasteiger partial charge on any atom is 0.316 e. The molecule has 0 saturated carbocycles. The van der Waals surface area contributed by atoms with Crippen LogP contribution in [0, 0.1) is 0 Å². The van der Waals surface area contributed by atoms with Crippen LogP contribution in [0.15, 0.2) is 77.7 Å². The molecule has 0 aliphatic rings. The summed E-state index contributed by atoms with van der Waals surface area (Å²) in [5.41, 5.74) is 7.08. The molecule has 0 unspecified atom stereocenters. The van der Waals surface area contributed by atoms with Gasteiger partial charge >= 0.3 is 6.03 Å². The lowest BCUT2D eigenvalue weighted by molar-refractivity contribution is 0.0950. The van der Waals surface area contributed by atoms with E-state index in [1.165, 1.54) is 32.4 Å². The van der Waals surface area contributed by atoms with E-state index in [9.17, 15) is 18.0 Å². The lowest BCUT2D eigenvalue weighted by Gasteiger charge is -2.20. The van der Waals surface area contributed by atoms with Gasteiger partial charge in [-0.2, -0.15) is 0 Å². The second kappa shape index (κ2) is 10.0. The minimum atomic E-state index is -3.88. The number of sulfonamides is 1. The molecule has 0 atom stereocenters. The predicted molar refractivity (Wildman–Crippen MR) is 126 cm³/mol. The highest BCUT2D eigenvalue weighted by atomic mass is 32.2. The van der Waals surface area contributed by atoms with Gasteiger partial charge < -0.3 is 21.1 Å². The third-order valence-corrected chi connectivity index (χ3v) is 6.65. The highest BCUT2D eigenvalue weighted by Crippen LogP contribution is 2.24. The Morgan fingerprint density at radius 1 is 1.00 bits per heavy atom. The fourth-order valence-electron chi connectivity index (χ4n) is 3.02. The molecule has 3 aromatic carbocycles. The number of nitrogens with zero attached hydrogens (tertiary/aromatic N) is 1. The molecular formula is C23H24N4O5S. The number of nitrogens with two attached hydrogens (primary N) is 1. The van der Waals surface area contributed by atoms with Crippen LogP contribution in [0.3, 0.4) is 0 Å². The molecule has 0 spiro atoms. The lowest BCUT2D eigenvalue weighted by atomic mass is 10.2. The topological polar surface area (TPSA) is 131 Å². The van der Waals surface area contributed by atoms with Gasteiger partial charge in [-0.05, 0) is 60.2 Å². The van der Waals surface area contributed by atoms with Gasteiger partial charge in [-0.15, -0.1) is 0 Å². The van der Waals surface area contributed by atoms with E-state index < -0.39 is 22.0 Å². The molecule has 0 aromatic heterocycles. The van der Waals surface area contributed by atoms with Gasteiger partial charge in [0.05, 0.1) is 17.7 Å². The molecule has 33 heavy (non-hydrogen) atoms. The molecule has 3 aromatic rings. The monoisotopic (exact) mass is 468 g/mol. The molecule has 0 radical (unpaired) electrons. The maximum absolute atomic E-state index is 13.1. The molecule has 3 rings (SSSR count). The van der Waals surface area contributed by atoms with Crippen LogP contribution in [0.1, 0.15) is 15.9 Å². The van der Waals surface area contributed by atoms with Crippen molar-refractivity contribution in [2.75, 3.05) is 23.8 Å². The molecule has 3 amide bonds. The zero-order valence-electron chi connectivity index (χ0n) is 18.1. The third-order valence-electron chi connectivity index (χ3n) is 4.87. The van der Waals surface area contributed by atoms with Crippen LogP contribution in [0.5, 0.6) is 5.75 Å². The number of ether oxygens (including phenoxy) is 1. The van der Waals surface area contributed by atoms with E-state index in [4.69, 9.17) is 10.5 Å². The van der Waals surface area contributed by atoms with Crippen molar-refractivity contribution < 1.29 is 22.7 Å². The number of urea groups is 1. The van der Waals surface area contributed by atoms with Gasteiger partial charge in [0.1, 0.15) is 5.75 Å². The van der Waals surface area contributed by atoms with E-state index in [2.05, 4.69) is 10.6 Å². The number of benzene rings is 3. The summed E-state index contributed by atoms with van der Waals surface area (Å²) in [4.78, 5) is 23.5. The lowest BCUT2D eigenvalue weighted by Crippen LogP contribution is -2.27. The summed E-state index contributed by atoms with van der Waals surface area (Å²) in [6, 6.07) is 18.6. The quantitative estimate of drug-likeness (QED) is 0.468. The molecule has 0 fully saturated rings. The molecule has 9 nitrogen and oxygen atoms in total. The number of methoxy groups -OCH3 is 1. The van der Waals surface area contributed by atoms with Crippen molar-refractivity contribution in [3.63, 3.8) is 0 Å². The van der Waals surface area contributed by atoms with Gasteiger partial charge in [-0.3, -0.25) is 9.10 Å². The Hall–Kier alpha value is -4.05. The van der Waals surface area contributed by atoms with Crippen LogP contribution in [-0.4, -0.2) is 34.5 Å². The highest BCUT2D eigenvalue weighted by Gasteiger charge is 2.22. The Kier molecular flexibility index (Phi) is 7.19. The molecule has 4 N–H and O–H groups in total. The van der Waals surface area contributed by atoms with Gasteiger partial charge in [0.25, 0.3) is 15.9 Å². The second-order valence-electron chi connectivity index (χ2n) is 7.07. The van der Waals surface area contributed by atoms with E-state index in [1.807, 2.05) is 0 Å². The third kappa shape index (κ3) is 5.80. The van der Waals surface area contributed by atoms with Gasteiger partial charge in [0.15, 0.2) is 0 Å². The average Bonchev–Trinajstić information content (AvgIpc) is 2.82. The first kappa shape index (κ1) is 23.6. The summed E-state index contributed by atoms with van der Waals surface area (Å²) in [7, 11) is -0.907. The number of carbonyl (C=O) groups is 2. The van der Waals surface area contributed by atoms with Crippen molar-refractivity contribution in [2.24, 2.45) is 5.73 Å². The predicted octanol–water partition coefficient (Wildman–Crippen LogP) is 2.94. The number of amides is 3. The van der Waals surface area contributed by atoms with Crippen LogP contribution in [0.25, 0.3) is 0 Å². The van der Waals surface area contributed by atoms with Crippen molar-refractivity contribution in [2.45, 2.75) is 11.4 Å². The normalized spacial score (nSPS) is 10.8. The van der Waals surface area contributed by atoms with Gasteiger partial charge in [0, 0.05) is 24.8 Å². The fraction of sp³-hybridized carbons (Fsp3) is 0.130. The SMILES string of the molecule is COc1ccc(N(C)S(=O)(=O)c2cccc(C(=O)NCc3ccc(NC(N)=O)cc3)c2)cc1. The largest absolute Gasteiger partial charge is 0.497 e. The Morgan fingerprint density at radius 3 is 2.27 bits per heavy atom.